The number of phenolic OH excluding ortho intramolecular Hbond substituents is 2. The summed E-state index contributed by atoms with van der Waals surface area (Å²) < 4.78 is 0. The van der Waals surface area contributed by atoms with Crippen molar-refractivity contribution in [2.45, 2.75) is 13.0 Å². The number of amides is 1. The summed E-state index contributed by atoms with van der Waals surface area (Å²) in [5.74, 6) is -0.485. The van der Waals surface area contributed by atoms with Crippen molar-refractivity contribution in [1.82, 2.24) is 5.32 Å². The molecule has 0 spiro atoms. The molecular formula is C10H14N2O3. The summed E-state index contributed by atoms with van der Waals surface area (Å²) in [5, 5.41) is 21.3. The van der Waals surface area contributed by atoms with Gasteiger partial charge >= 0.3 is 0 Å². The van der Waals surface area contributed by atoms with Gasteiger partial charge in [0.1, 0.15) is 11.5 Å². The van der Waals surface area contributed by atoms with E-state index in [0.29, 0.717) is 5.56 Å². The fourth-order valence-corrected chi connectivity index (χ4v) is 1.24. The number of aromatic hydroxyl groups is 2. The molecule has 5 heteroatoms. The maximum absolute atomic E-state index is 10.5. The van der Waals surface area contributed by atoms with Crippen molar-refractivity contribution in [1.29, 1.82) is 0 Å². The average Bonchev–Trinajstić information content (AvgIpc) is 2.12. The van der Waals surface area contributed by atoms with Crippen LogP contribution in [0.4, 0.5) is 0 Å². The van der Waals surface area contributed by atoms with Gasteiger partial charge in [0.2, 0.25) is 5.91 Å². The number of hydrogen-bond acceptors (Lipinski definition) is 4. The second-order valence-electron chi connectivity index (χ2n) is 3.35. The van der Waals surface area contributed by atoms with E-state index in [9.17, 15) is 15.0 Å². The van der Waals surface area contributed by atoms with E-state index >= 15 is 0 Å². The molecule has 1 rings (SSSR count). The second-order valence-corrected chi connectivity index (χ2v) is 3.35. The SMILES string of the molecule is CC(NCC(N)=O)c1cc(O)cc(O)c1. The predicted octanol–water partition coefficient (Wildman–Crippen LogP) is 0.234. The molecule has 1 atom stereocenters. The number of primary amides is 1. The number of carbonyl (C=O) groups is 1. The monoisotopic (exact) mass is 210 g/mol. The van der Waals surface area contributed by atoms with Gasteiger partial charge in [0.15, 0.2) is 0 Å². The highest BCUT2D eigenvalue weighted by molar-refractivity contribution is 5.75. The third kappa shape index (κ3) is 3.47. The first-order valence-corrected chi connectivity index (χ1v) is 4.53. The van der Waals surface area contributed by atoms with E-state index in [1.54, 1.807) is 6.92 Å². The highest BCUT2D eigenvalue weighted by atomic mass is 16.3. The second kappa shape index (κ2) is 4.65. The predicted molar refractivity (Wildman–Crippen MR) is 55.4 cm³/mol. The highest BCUT2D eigenvalue weighted by Gasteiger charge is 2.08. The molecule has 0 heterocycles. The first-order chi connectivity index (χ1) is 6.99. The smallest absolute Gasteiger partial charge is 0.231 e. The van der Waals surface area contributed by atoms with Crippen LogP contribution in [0.25, 0.3) is 0 Å². The van der Waals surface area contributed by atoms with Crippen molar-refractivity contribution in [2.75, 3.05) is 6.54 Å². The molecule has 0 aromatic heterocycles. The van der Waals surface area contributed by atoms with Gasteiger partial charge in [-0.05, 0) is 24.6 Å². The Morgan fingerprint density at radius 2 is 1.93 bits per heavy atom. The minimum absolute atomic E-state index is 0.0160. The van der Waals surface area contributed by atoms with Gasteiger partial charge in [0.05, 0.1) is 6.54 Å². The Bertz CT molecular complexity index is 345. The van der Waals surface area contributed by atoms with E-state index in [1.807, 2.05) is 0 Å². The number of carbonyl (C=O) groups excluding carboxylic acids is 1. The maximum atomic E-state index is 10.5. The van der Waals surface area contributed by atoms with Gasteiger partial charge in [-0.1, -0.05) is 0 Å². The van der Waals surface area contributed by atoms with Crippen LogP contribution >= 0.6 is 0 Å². The summed E-state index contributed by atoms with van der Waals surface area (Å²) in [4.78, 5) is 10.5. The van der Waals surface area contributed by atoms with Crippen molar-refractivity contribution in [3.05, 3.63) is 23.8 Å². The maximum Gasteiger partial charge on any atom is 0.231 e. The van der Waals surface area contributed by atoms with Gasteiger partial charge in [0.25, 0.3) is 0 Å². The molecular weight excluding hydrogens is 196 g/mol. The first kappa shape index (κ1) is 11.3. The van der Waals surface area contributed by atoms with Gasteiger partial charge in [-0.15, -0.1) is 0 Å². The summed E-state index contributed by atoms with van der Waals surface area (Å²) in [5.41, 5.74) is 5.67. The molecule has 0 aliphatic rings. The zero-order chi connectivity index (χ0) is 11.4. The molecule has 15 heavy (non-hydrogen) atoms. The number of rotatable bonds is 4. The molecule has 0 aliphatic carbocycles. The molecule has 0 aliphatic heterocycles. The summed E-state index contributed by atoms with van der Waals surface area (Å²) in [7, 11) is 0. The molecule has 5 nitrogen and oxygen atoms in total. The van der Waals surface area contributed by atoms with Gasteiger partial charge in [-0.3, -0.25) is 4.79 Å². The molecule has 0 saturated heterocycles. The number of benzene rings is 1. The Morgan fingerprint density at radius 3 is 2.40 bits per heavy atom. The summed E-state index contributed by atoms with van der Waals surface area (Å²) in [6, 6.07) is 4.09. The van der Waals surface area contributed by atoms with Gasteiger partial charge < -0.3 is 21.3 Å². The molecule has 1 aromatic carbocycles. The zero-order valence-corrected chi connectivity index (χ0v) is 8.40. The van der Waals surface area contributed by atoms with E-state index in [0.717, 1.165) is 0 Å². The molecule has 1 unspecified atom stereocenters. The highest BCUT2D eigenvalue weighted by Crippen LogP contribution is 2.24. The van der Waals surface area contributed by atoms with Crippen LogP contribution in [0.15, 0.2) is 18.2 Å². The quantitative estimate of drug-likeness (QED) is 0.572. The number of nitrogens with two attached hydrogens (primary N) is 1. The third-order valence-electron chi connectivity index (χ3n) is 2.01. The lowest BCUT2D eigenvalue weighted by atomic mass is 10.1. The van der Waals surface area contributed by atoms with Crippen LogP contribution in [-0.4, -0.2) is 22.7 Å². The largest absolute Gasteiger partial charge is 0.508 e. The van der Waals surface area contributed by atoms with E-state index < -0.39 is 5.91 Å². The van der Waals surface area contributed by atoms with Crippen molar-refractivity contribution < 1.29 is 15.0 Å². The fourth-order valence-electron chi connectivity index (χ4n) is 1.24. The molecule has 5 N–H and O–H groups in total. The van der Waals surface area contributed by atoms with Crippen molar-refractivity contribution in [3.8, 4) is 11.5 Å². The molecule has 0 saturated carbocycles. The van der Waals surface area contributed by atoms with Crippen LogP contribution in [-0.2, 0) is 4.79 Å². The summed E-state index contributed by atoms with van der Waals surface area (Å²) >= 11 is 0. The topological polar surface area (TPSA) is 95.6 Å². The minimum atomic E-state index is -0.453. The van der Waals surface area contributed by atoms with E-state index in [1.165, 1.54) is 18.2 Å². The Balaban J connectivity index is 2.72. The van der Waals surface area contributed by atoms with E-state index in [4.69, 9.17) is 5.73 Å². The van der Waals surface area contributed by atoms with Gasteiger partial charge in [0, 0.05) is 12.1 Å². The zero-order valence-electron chi connectivity index (χ0n) is 8.40. The van der Waals surface area contributed by atoms with E-state index in [-0.39, 0.29) is 24.1 Å². The minimum Gasteiger partial charge on any atom is -0.508 e. The lowest BCUT2D eigenvalue weighted by molar-refractivity contribution is -0.117. The Morgan fingerprint density at radius 1 is 1.40 bits per heavy atom. The molecule has 82 valence electrons. The fraction of sp³-hybridized carbons (Fsp3) is 0.300. The van der Waals surface area contributed by atoms with Crippen LogP contribution in [0.2, 0.25) is 0 Å². The van der Waals surface area contributed by atoms with Crippen LogP contribution < -0.4 is 11.1 Å². The molecule has 1 aromatic rings. The Labute approximate surface area is 87.5 Å². The molecule has 0 fully saturated rings. The van der Waals surface area contributed by atoms with Crippen LogP contribution in [0.1, 0.15) is 18.5 Å². The van der Waals surface area contributed by atoms with Crippen molar-refractivity contribution in [3.63, 3.8) is 0 Å². The normalized spacial score (nSPS) is 12.3. The Hall–Kier alpha value is -1.75. The summed E-state index contributed by atoms with van der Waals surface area (Å²) in [6.45, 7) is 1.86. The Kier molecular flexibility index (Phi) is 3.51. The summed E-state index contributed by atoms with van der Waals surface area (Å²) in [6.07, 6.45) is 0. The first-order valence-electron chi connectivity index (χ1n) is 4.53. The van der Waals surface area contributed by atoms with Crippen LogP contribution in [0.5, 0.6) is 11.5 Å². The molecule has 0 radical (unpaired) electrons. The number of nitrogens with one attached hydrogen (secondary N) is 1. The lowest BCUT2D eigenvalue weighted by Crippen LogP contribution is -2.30. The molecule has 1 amide bonds. The number of phenols is 2. The van der Waals surface area contributed by atoms with Crippen LogP contribution in [0.3, 0.4) is 0 Å². The van der Waals surface area contributed by atoms with Crippen molar-refractivity contribution in [2.24, 2.45) is 5.73 Å². The molecule has 0 bridgehead atoms. The van der Waals surface area contributed by atoms with Gasteiger partial charge in [-0.25, -0.2) is 0 Å². The lowest BCUT2D eigenvalue weighted by Gasteiger charge is -2.13. The van der Waals surface area contributed by atoms with Crippen molar-refractivity contribution >= 4 is 5.91 Å². The van der Waals surface area contributed by atoms with Gasteiger partial charge in [-0.2, -0.15) is 0 Å². The number of hydrogen-bond donors (Lipinski definition) is 4. The van der Waals surface area contributed by atoms with Crippen LogP contribution in [0, 0.1) is 0 Å². The third-order valence-corrected chi connectivity index (χ3v) is 2.01. The average molecular weight is 210 g/mol. The van der Waals surface area contributed by atoms with E-state index in [2.05, 4.69) is 5.32 Å². The standard InChI is InChI=1S/C10H14N2O3/c1-6(12-5-10(11)15)7-2-8(13)4-9(14)3-7/h2-4,6,12-14H,5H2,1H3,(H2,11,15).